The number of carboxylic acid groups (broad SMARTS) is 1. The molecule has 2 unspecified atom stereocenters. The van der Waals surface area contributed by atoms with Gasteiger partial charge in [0.1, 0.15) is 5.56 Å². The predicted molar refractivity (Wildman–Crippen MR) is 107 cm³/mol. The first kappa shape index (κ1) is 19.2. The molecule has 2 saturated heterocycles. The van der Waals surface area contributed by atoms with Crippen LogP contribution in [0.4, 0.5) is 10.1 Å². The Balaban J connectivity index is 0.00000192. The summed E-state index contributed by atoms with van der Waals surface area (Å²) in [7, 11) is 0. The van der Waals surface area contributed by atoms with Gasteiger partial charge < -0.3 is 15.3 Å². The van der Waals surface area contributed by atoms with Gasteiger partial charge in [-0.3, -0.25) is 9.20 Å². The van der Waals surface area contributed by atoms with Gasteiger partial charge >= 0.3 is 5.97 Å². The van der Waals surface area contributed by atoms with E-state index in [0.717, 1.165) is 50.0 Å². The second kappa shape index (κ2) is 6.74. The van der Waals surface area contributed by atoms with E-state index in [4.69, 9.17) is 0 Å². The van der Waals surface area contributed by atoms with Crippen LogP contribution in [0.1, 0.15) is 46.7 Å². The number of nitrogens with one attached hydrogen (secondary N) is 1. The molecule has 2 N–H and O–H groups in total. The molecule has 0 amide bonds. The molecule has 8 heteroatoms. The number of aryl methyl sites for hydroxylation is 1. The summed E-state index contributed by atoms with van der Waals surface area (Å²) in [5, 5.41) is 12.9. The quantitative estimate of drug-likeness (QED) is 0.818. The third kappa shape index (κ3) is 2.79. The highest BCUT2D eigenvalue weighted by molar-refractivity contribution is 5.89. The van der Waals surface area contributed by atoms with Gasteiger partial charge in [0.15, 0.2) is 5.82 Å². The number of pyridine rings is 2. The third-order valence-corrected chi connectivity index (χ3v) is 6.37. The number of anilines is 1. The lowest BCUT2D eigenvalue weighted by Gasteiger charge is -2.24. The van der Waals surface area contributed by atoms with Crippen molar-refractivity contribution < 1.29 is 14.3 Å². The molecule has 6 nitrogen and oxygen atoms in total. The van der Waals surface area contributed by atoms with E-state index in [1.807, 2.05) is 6.92 Å². The molecule has 0 bridgehead atoms. The lowest BCUT2D eigenvalue weighted by atomic mass is 10.0. The summed E-state index contributed by atoms with van der Waals surface area (Å²) in [6.45, 7) is 4.43. The number of hydrogen-bond acceptors (Lipinski definition) is 4. The number of hydrogen-bond donors (Lipinski definition) is 2. The maximum atomic E-state index is 15.1. The Morgan fingerprint density at radius 1 is 1.29 bits per heavy atom. The van der Waals surface area contributed by atoms with Crippen molar-refractivity contribution in [2.24, 2.45) is 5.92 Å². The number of carbonyl (C=O) groups is 1. The number of nitrogens with zero attached hydrogens (tertiary/aromatic N) is 2. The summed E-state index contributed by atoms with van der Waals surface area (Å²) in [6.07, 6.45) is 4.22. The van der Waals surface area contributed by atoms with Gasteiger partial charge in [-0.25, -0.2) is 9.18 Å². The molecule has 5 rings (SSSR count). The smallest absolute Gasteiger partial charge is 0.341 e. The first-order valence-corrected chi connectivity index (χ1v) is 9.55. The molecule has 28 heavy (non-hydrogen) atoms. The number of aromatic nitrogens is 1. The van der Waals surface area contributed by atoms with Crippen LogP contribution in [0.15, 0.2) is 17.1 Å². The highest BCUT2D eigenvalue weighted by Gasteiger charge is 2.38. The van der Waals surface area contributed by atoms with E-state index in [-0.39, 0.29) is 23.9 Å². The highest BCUT2D eigenvalue weighted by Crippen LogP contribution is 2.44. The van der Waals surface area contributed by atoms with Gasteiger partial charge in [-0.15, -0.1) is 12.4 Å². The van der Waals surface area contributed by atoms with Gasteiger partial charge in [-0.2, -0.15) is 0 Å². The fraction of sp³-hybridized carbons (Fsp3) is 0.500. The molecule has 0 radical (unpaired) electrons. The molecule has 0 spiro atoms. The number of aromatic carboxylic acids is 1. The molecule has 2 aromatic heterocycles. The zero-order valence-electron chi connectivity index (χ0n) is 15.6. The molecule has 150 valence electrons. The second-order valence-corrected chi connectivity index (χ2v) is 8.08. The summed E-state index contributed by atoms with van der Waals surface area (Å²) in [5.74, 6) is -0.960. The number of rotatable bonds is 3. The van der Waals surface area contributed by atoms with Gasteiger partial charge in [0.2, 0.25) is 0 Å². The Kier molecular flexibility index (Phi) is 4.62. The summed E-state index contributed by atoms with van der Waals surface area (Å²) in [4.78, 5) is 26.2. The monoisotopic (exact) mass is 407 g/mol. The van der Waals surface area contributed by atoms with Gasteiger partial charge in [-0.05, 0) is 61.8 Å². The molecular weight excluding hydrogens is 385 g/mol. The summed E-state index contributed by atoms with van der Waals surface area (Å²) in [6, 6.07) is 1.90. The van der Waals surface area contributed by atoms with Crippen LogP contribution in [0.5, 0.6) is 0 Å². The Morgan fingerprint density at radius 2 is 2.04 bits per heavy atom. The average Bonchev–Trinajstić information content (AvgIpc) is 3.24. The summed E-state index contributed by atoms with van der Waals surface area (Å²) < 4.78 is 16.3. The highest BCUT2D eigenvalue weighted by atomic mass is 35.5. The van der Waals surface area contributed by atoms with E-state index in [0.29, 0.717) is 23.2 Å². The van der Waals surface area contributed by atoms with Crippen molar-refractivity contribution in [1.82, 2.24) is 9.72 Å². The minimum absolute atomic E-state index is 0. The Morgan fingerprint density at radius 3 is 2.68 bits per heavy atom. The summed E-state index contributed by atoms with van der Waals surface area (Å²) in [5.41, 5.74) is 1.84. The molecule has 2 aliphatic heterocycles. The third-order valence-electron chi connectivity index (χ3n) is 6.37. The molecule has 2 aromatic rings. The molecule has 4 heterocycles. The summed E-state index contributed by atoms with van der Waals surface area (Å²) >= 11 is 0. The van der Waals surface area contributed by atoms with Crippen LogP contribution in [0.3, 0.4) is 0 Å². The van der Waals surface area contributed by atoms with Gasteiger partial charge in [0.25, 0.3) is 5.56 Å². The standard InChI is InChI=1S/C20H22FN3O3.ClH/c1-10-17-13(11-2-3-11)6-14(20(26)27)19(25)24(17)8-15(21)18(10)23-7-12-4-5-22-16(12)9-23;/h6,8,11-12,16,22H,2-5,7,9H2,1H3,(H,26,27);1H. The molecule has 1 aliphatic carbocycles. The van der Waals surface area contributed by atoms with Gasteiger partial charge in [0.05, 0.1) is 17.4 Å². The van der Waals surface area contributed by atoms with E-state index in [9.17, 15) is 14.7 Å². The van der Waals surface area contributed by atoms with Crippen LogP contribution in [0.2, 0.25) is 0 Å². The molecule has 1 saturated carbocycles. The van der Waals surface area contributed by atoms with Crippen molar-refractivity contribution in [3.63, 3.8) is 0 Å². The molecule has 3 fully saturated rings. The molecular formula is C20H23ClFN3O3. The average molecular weight is 408 g/mol. The number of halogens is 2. The normalized spacial score (nSPS) is 23.7. The fourth-order valence-electron chi connectivity index (χ4n) is 4.92. The van der Waals surface area contributed by atoms with Crippen molar-refractivity contribution in [2.45, 2.75) is 38.1 Å². The first-order chi connectivity index (χ1) is 13.0. The van der Waals surface area contributed by atoms with Crippen LogP contribution in [-0.2, 0) is 0 Å². The first-order valence-electron chi connectivity index (χ1n) is 9.55. The van der Waals surface area contributed by atoms with E-state index >= 15 is 4.39 Å². The number of carboxylic acids is 1. The van der Waals surface area contributed by atoms with E-state index in [2.05, 4.69) is 10.2 Å². The Labute approximate surface area is 167 Å². The topological polar surface area (TPSA) is 74.0 Å². The maximum absolute atomic E-state index is 15.1. The SMILES string of the molecule is Cc1c(N2CC3CCNC3C2)c(F)cn2c(=O)c(C(=O)O)cc(C3CC3)c12.Cl. The van der Waals surface area contributed by atoms with Crippen molar-refractivity contribution in [2.75, 3.05) is 24.5 Å². The number of fused-ring (bicyclic) bond motifs is 2. The Hall–Kier alpha value is -2.12. The lowest BCUT2D eigenvalue weighted by molar-refractivity contribution is 0.0694. The van der Waals surface area contributed by atoms with Crippen LogP contribution >= 0.6 is 12.4 Å². The van der Waals surface area contributed by atoms with E-state index in [1.165, 1.54) is 16.7 Å². The maximum Gasteiger partial charge on any atom is 0.341 e. The fourth-order valence-corrected chi connectivity index (χ4v) is 4.92. The van der Waals surface area contributed by atoms with E-state index in [1.54, 1.807) is 0 Å². The Bertz CT molecular complexity index is 1020. The van der Waals surface area contributed by atoms with Crippen LogP contribution in [-0.4, -0.2) is 41.2 Å². The zero-order chi connectivity index (χ0) is 18.9. The van der Waals surface area contributed by atoms with Crippen LogP contribution in [0.25, 0.3) is 5.52 Å². The van der Waals surface area contributed by atoms with E-state index < -0.39 is 17.3 Å². The minimum atomic E-state index is -1.27. The van der Waals surface area contributed by atoms with Crippen molar-refractivity contribution in [3.8, 4) is 0 Å². The van der Waals surface area contributed by atoms with Crippen LogP contribution in [0, 0.1) is 18.7 Å². The minimum Gasteiger partial charge on any atom is -0.477 e. The largest absolute Gasteiger partial charge is 0.477 e. The zero-order valence-corrected chi connectivity index (χ0v) is 16.4. The second-order valence-electron chi connectivity index (χ2n) is 8.08. The molecule has 0 aromatic carbocycles. The molecule has 2 atom stereocenters. The van der Waals surface area contributed by atoms with Crippen molar-refractivity contribution >= 4 is 29.6 Å². The van der Waals surface area contributed by atoms with Crippen molar-refractivity contribution in [3.05, 3.63) is 45.1 Å². The van der Waals surface area contributed by atoms with Gasteiger partial charge in [-0.1, -0.05) is 0 Å². The lowest BCUT2D eigenvalue weighted by Crippen LogP contribution is -2.31. The predicted octanol–water partition coefficient (Wildman–Crippen LogP) is 2.54. The molecule has 3 aliphatic rings. The van der Waals surface area contributed by atoms with Crippen molar-refractivity contribution in [1.29, 1.82) is 0 Å². The van der Waals surface area contributed by atoms with Crippen LogP contribution < -0.4 is 15.8 Å². The van der Waals surface area contributed by atoms with Gasteiger partial charge in [0, 0.05) is 19.1 Å².